The van der Waals surface area contributed by atoms with E-state index < -0.39 is 0 Å². The van der Waals surface area contributed by atoms with E-state index in [1.165, 1.54) is 6.42 Å². The van der Waals surface area contributed by atoms with Gasteiger partial charge in [-0.25, -0.2) is 4.99 Å². The lowest BCUT2D eigenvalue weighted by atomic mass is 9.92. The number of nitrogens with one attached hydrogen (secondary N) is 1. The van der Waals surface area contributed by atoms with E-state index in [1.54, 1.807) is 0 Å². The third kappa shape index (κ3) is 6.02. The molecule has 126 valence electrons. The monoisotopic (exact) mass is 426 g/mol. The second kappa shape index (κ2) is 9.76. The van der Waals surface area contributed by atoms with Crippen LogP contribution >= 0.6 is 24.0 Å². The number of aliphatic imine (C=N–C) groups is 1. The van der Waals surface area contributed by atoms with Crippen LogP contribution in [0.1, 0.15) is 38.3 Å². The van der Waals surface area contributed by atoms with Crippen LogP contribution in [0.2, 0.25) is 0 Å². The highest BCUT2D eigenvalue weighted by Crippen LogP contribution is 2.21. The molecular formula is C18H27IN4. The SMILES string of the molecule is CCNC(=NCc1cccc(C#N)c1)N1CC(C)CC(C)C1.I. The van der Waals surface area contributed by atoms with Crippen molar-refractivity contribution in [2.45, 2.75) is 33.7 Å². The summed E-state index contributed by atoms with van der Waals surface area (Å²) in [6, 6.07) is 9.86. The van der Waals surface area contributed by atoms with E-state index in [0.717, 1.165) is 31.2 Å². The fourth-order valence-corrected chi connectivity index (χ4v) is 3.17. The normalized spacial score (nSPS) is 21.3. The van der Waals surface area contributed by atoms with Gasteiger partial charge >= 0.3 is 0 Å². The molecule has 0 spiro atoms. The summed E-state index contributed by atoms with van der Waals surface area (Å²) in [4.78, 5) is 7.15. The first kappa shape index (κ1) is 19.8. The average Bonchev–Trinajstić information content (AvgIpc) is 2.50. The molecule has 1 fully saturated rings. The van der Waals surface area contributed by atoms with Crippen LogP contribution in [-0.2, 0) is 6.54 Å². The first-order chi connectivity index (χ1) is 10.6. The Hall–Kier alpha value is -1.29. The van der Waals surface area contributed by atoms with E-state index >= 15 is 0 Å². The number of halogens is 1. The number of hydrogen-bond donors (Lipinski definition) is 1. The second-order valence-electron chi connectivity index (χ2n) is 6.33. The van der Waals surface area contributed by atoms with Crippen LogP contribution in [0.4, 0.5) is 0 Å². The van der Waals surface area contributed by atoms with Gasteiger partial charge in [0.15, 0.2) is 5.96 Å². The summed E-state index contributed by atoms with van der Waals surface area (Å²) >= 11 is 0. The Morgan fingerprint density at radius 3 is 2.65 bits per heavy atom. The molecule has 0 aliphatic carbocycles. The highest BCUT2D eigenvalue weighted by Gasteiger charge is 2.23. The smallest absolute Gasteiger partial charge is 0.194 e. The summed E-state index contributed by atoms with van der Waals surface area (Å²) in [6.07, 6.45) is 1.29. The maximum Gasteiger partial charge on any atom is 0.194 e. The van der Waals surface area contributed by atoms with Crippen molar-refractivity contribution in [3.05, 3.63) is 35.4 Å². The molecule has 23 heavy (non-hydrogen) atoms. The predicted octanol–water partition coefficient (Wildman–Crippen LogP) is 3.62. The molecule has 0 bridgehead atoms. The molecule has 4 nitrogen and oxygen atoms in total. The minimum absolute atomic E-state index is 0. The standard InChI is InChI=1S/C18H26N4.HI/c1-4-20-18(22-12-14(2)8-15(3)13-22)21-11-17-7-5-6-16(9-17)10-19;/h5-7,9,14-15H,4,8,11-13H2,1-3H3,(H,20,21);1H. The molecule has 1 saturated heterocycles. The third-order valence-corrected chi connectivity index (χ3v) is 3.97. The van der Waals surface area contributed by atoms with Gasteiger partial charge in [-0.2, -0.15) is 5.26 Å². The minimum Gasteiger partial charge on any atom is -0.357 e. The molecule has 0 radical (unpaired) electrons. The van der Waals surface area contributed by atoms with Crippen molar-refractivity contribution >= 4 is 29.9 Å². The Morgan fingerprint density at radius 1 is 1.35 bits per heavy atom. The van der Waals surface area contributed by atoms with Crippen LogP contribution in [0.25, 0.3) is 0 Å². The highest BCUT2D eigenvalue weighted by atomic mass is 127. The van der Waals surface area contributed by atoms with E-state index in [2.05, 4.69) is 37.1 Å². The number of rotatable bonds is 3. The van der Waals surface area contributed by atoms with E-state index in [-0.39, 0.29) is 24.0 Å². The number of piperidine rings is 1. The number of guanidine groups is 1. The molecule has 1 aliphatic rings. The van der Waals surface area contributed by atoms with Gasteiger partial charge in [0, 0.05) is 19.6 Å². The van der Waals surface area contributed by atoms with Crippen LogP contribution in [0, 0.1) is 23.2 Å². The number of likely N-dealkylation sites (tertiary alicyclic amines) is 1. The molecule has 2 rings (SSSR count). The van der Waals surface area contributed by atoms with Gasteiger partial charge in [-0.1, -0.05) is 26.0 Å². The fourth-order valence-electron chi connectivity index (χ4n) is 3.17. The van der Waals surface area contributed by atoms with Crippen molar-refractivity contribution in [3.8, 4) is 6.07 Å². The topological polar surface area (TPSA) is 51.4 Å². The van der Waals surface area contributed by atoms with Gasteiger partial charge in [0.2, 0.25) is 0 Å². The molecule has 0 amide bonds. The molecule has 1 aliphatic heterocycles. The number of nitriles is 1. The van der Waals surface area contributed by atoms with E-state index in [4.69, 9.17) is 10.3 Å². The quantitative estimate of drug-likeness (QED) is 0.457. The van der Waals surface area contributed by atoms with Crippen molar-refractivity contribution in [1.29, 1.82) is 5.26 Å². The summed E-state index contributed by atoms with van der Waals surface area (Å²) in [7, 11) is 0. The molecule has 1 aromatic carbocycles. The minimum atomic E-state index is 0. The summed E-state index contributed by atoms with van der Waals surface area (Å²) in [5, 5.41) is 12.4. The summed E-state index contributed by atoms with van der Waals surface area (Å²) in [6.45, 7) is 10.3. The molecular weight excluding hydrogens is 399 g/mol. The maximum absolute atomic E-state index is 8.98. The lowest BCUT2D eigenvalue weighted by Gasteiger charge is -2.37. The molecule has 0 saturated carbocycles. The van der Waals surface area contributed by atoms with E-state index in [0.29, 0.717) is 23.9 Å². The average molecular weight is 426 g/mol. The van der Waals surface area contributed by atoms with Crippen molar-refractivity contribution in [3.63, 3.8) is 0 Å². The van der Waals surface area contributed by atoms with Crippen molar-refractivity contribution in [2.24, 2.45) is 16.8 Å². The molecule has 1 N–H and O–H groups in total. The summed E-state index contributed by atoms with van der Waals surface area (Å²) in [5.41, 5.74) is 1.77. The first-order valence-corrected chi connectivity index (χ1v) is 8.14. The van der Waals surface area contributed by atoms with Gasteiger partial charge in [-0.05, 0) is 42.9 Å². The summed E-state index contributed by atoms with van der Waals surface area (Å²) in [5.74, 6) is 2.40. The van der Waals surface area contributed by atoms with Crippen LogP contribution in [0.15, 0.2) is 29.3 Å². The highest BCUT2D eigenvalue weighted by molar-refractivity contribution is 14.0. The van der Waals surface area contributed by atoms with Gasteiger partial charge in [-0.15, -0.1) is 24.0 Å². The maximum atomic E-state index is 8.98. The van der Waals surface area contributed by atoms with Crippen molar-refractivity contribution < 1.29 is 0 Å². The lowest BCUT2D eigenvalue weighted by Crippen LogP contribution is -2.48. The molecule has 1 heterocycles. The van der Waals surface area contributed by atoms with Crippen molar-refractivity contribution in [2.75, 3.05) is 19.6 Å². The molecule has 2 unspecified atom stereocenters. The van der Waals surface area contributed by atoms with Gasteiger partial charge in [0.25, 0.3) is 0 Å². The Balaban J connectivity index is 0.00000264. The Bertz CT molecular complexity index is 554. The van der Waals surface area contributed by atoms with E-state index in [1.807, 2.05) is 24.3 Å². The van der Waals surface area contributed by atoms with E-state index in [9.17, 15) is 0 Å². The molecule has 2 atom stereocenters. The second-order valence-corrected chi connectivity index (χ2v) is 6.33. The molecule has 1 aromatic rings. The lowest BCUT2D eigenvalue weighted by molar-refractivity contribution is 0.208. The number of nitrogens with zero attached hydrogens (tertiary/aromatic N) is 3. The summed E-state index contributed by atoms with van der Waals surface area (Å²) < 4.78 is 0. The zero-order valence-corrected chi connectivity index (χ0v) is 16.6. The Morgan fingerprint density at radius 2 is 2.04 bits per heavy atom. The zero-order valence-electron chi connectivity index (χ0n) is 14.2. The van der Waals surface area contributed by atoms with Gasteiger partial charge in [-0.3, -0.25) is 0 Å². The number of benzene rings is 1. The largest absolute Gasteiger partial charge is 0.357 e. The van der Waals surface area contributed by atoms with Crippen LogP contribution < -0.4 is 5.32 Å². The van der Waals surface area contributed by atoms with Crippen LogP contribution in [-0.4, -0.2) is 30.5 Å². The van der Waals surface area contributed by atoms with Crippen molar-refractivity contribution in [1.82, 2.24) is 10.2 Å². The molecule has 0 aromatic heterocycles. The van der Waals surface area contributed by atoms with Gasteiger partial charge in [0.1, 0.15) is 0 Å². The fraction of sp³-hybridized carbons (Fsp3) is 0.556. The van der Waals surface area contributed by atoms with Crippen LogP contribution in [0.3, 0.4) is 0 Å². The Kier molecular flexibility index (Phi) is 8.38. The molecule has 5 heteroatoms. The van der Waals surface area contributed by atoms with Gasteiger partial charge in [0.05, 0.1) is 18.2 Å². The Labute approximate surface area is 157 Å². The first-order valence-electron chi connectivity index (χ1n) is 8.14. The van der Waals surface area contributed by atoms with Crippen LogP contribution in [0.5, 0.6) is 0 Å². The third-order valence-electron chi connectivity index (χ3n) is 3.97. The number of hydrogen-bond acceptors (Lipinski definition) is 2. The predicted molar refractivity (Wildman–Crippen MR) is 106 cm³/mol. The zero-order chi connectivity index (χ0) is 15.9. The van der Waals surface area contributed by atoms with Gasteiger partial charge < -0.3 is 10.2 Å².